The lowest BCUT2D eigenvalue weighted by molar-refractivity contribution is -0.384. The second-order valence-electron chi connectivity index (χ2n) is 6.20. The van der Waals surface area contributed by atoms with Crippen LogP contribution in [-0.2, 0) is 6.18 Å². The Hall–Kier alpha value is -3.82. The molecule has 1 atom stereocenters. The van der Waals surface area contributed by atoms with E-state index in [1.165, 1.54) is 30.5 Å². The van der Waals surface area contributed by atoms with Crippen LogP contribution < -0.4 is 5.32 Å². The first-order valence-corrected chi connectivity index (χ1v) is 8.49. The average molecular weight is 419 g/mol. The van der Waals surface area contributed by atoms with Gasteiger partial charge in [-0.2, -0.15) is 13.2 Å². The maximum atomic E-state index is 14.3. The van der Waals surface area contributed by atoms with Crippen LogP contribution in [0.4, 0.5) is 23.2 Å². The van der Waals surface area contributed by atoms with E-state index in [-0.39, 0.29) is 22.5 Å². The van der Waals surface area contributed by atoms with Crippen molar-refractivity contribution < 1.29 is 27.3 Å². The third-order valence-electron chi connectivity index (χ3n) is 4.23. The van der Waals surface area contributed by atoms with Crippen molar-refractivity contribution in [1.29, 1.82) is 0 Å². The highest BCUT2D eigenvalue weighted by Crippen LogP contribution is 2.31. The third-order valence-corrected chi connectivity index (χ3v) is 4.23. The fourth-order valence-corrected chi connectivity index (χ4v) is 2.76. The molecule has 0 aliphatic carbocycles. The van der Waals surface area contributed by atoms with Crippen molar-refractivity contribution in [2.75, 3.05) is 0 Å². The van der Waals surface area contributed by atoms with Crippen LogP contribution in [0.25, 0.3) is 0 Å². The SMILES string of the molecule is O=C(NC(c1ccc(C(F)(F)F)cc1)c1ncccc1F)c1cccc([N+](=O)[O-])c1. The van der Waals surface area contributed by atoms with Gasteiger partial charge in [0.25, 0.3) is 11.6 Å². The van der Waals surface area contributed by atoms with Crippen LogP contribution in [0.15, 0.2) is 66.9 Å². The van der Waals surface area contributed by atoms with Crippen molar-refractivity contribution in [3.05, 3.63) is 105 Å². The Bertz CT molecular complexity index is 1090. The van der Waals surface area contributed by atoms with Crippen molar-refractivity contribution in [1.82, 2.24) is 10.3 Å². The molecule has 30 heavy (non-hydrogen) atoms. The molecule has 1 N–H and O–H groups in total. The number of nitrogens with one attached hydrogen (secondary N) is 1. The molecule has 10 heteroatoms. The highest BCUT2D eigenvalue weighted by atomic mass is 19.4. The van der Waals surface area contributed by atoms with Crippen molar-refractivity contribution in [3.63, 3.8) is 0 Å². The Kier molecular flexibility index (Phi) is 5.77. The number of halogens is 4. The van der Waals surface area contributed by atoms with Crippen molar-refractivity contribution in [2.24, 2.45) is 0 Å². The number of rotatable bonds is 5. The fourth-order valence-electron chi connectivity index (χ4n) is 2.76. The summed E-state index contributed by atoms with van der Waals surface area (Å²) in [5, 5.41) is 13.4. The molecule has 1 amide bonds. The number of carbonyl (C=O) groups excluding carboxylic acids is 1. The number of benzene rings is 2. The van der Waals surface area contributed by atoms with Crippen LogP contribution in [0.5, 0.6) is 0 Å². The maximum Gasteiger partial charge on any atom is 0.416 e. The molecule has 0 radical (unpaired) electrons. The summed E-state index contributed by atoms with van der Waals surface area (Å²) in [6.45, 7) is 0. The molecule has 0 saturated carbocycles. The summed E-state index contributed by atoms with van der Waals surface area (Å²) in [6.07, 6.45) is -3.29. The Morgan fingerprint density at radius 3 is 2.37 bits per heavy atom. The second-order valence-corrected chi connectivity index (χ2v) is 6.20. The monoisotopic (exact) mass is 419 g/mol. The molecule has 0 aliphatic heterocycles. The summed E-state index contributed by atoms with van der Waals surface area (Å²) in [4.78, 5) is 26.8. The van der Waals surface area contributed by atoms with Gasteiger partial charge in [-0.15, -0.1) is 0 Å². The molecular formula is C20H13F4N3O3. The number of carbonyl (C=O) groups is 1. The molecular weight excluding hydrogens is 406 g/mol. The predicted molar refractivity (Wildman–Crippen MR) is 98.0 cm³/mol. The minimum absolute atomic E-state index is 0.0718. The zero-order valence-electron chi connectivity index (χ0n) is 15.1. The van der Waals surface area contributed by atoms with E-state index in [0.29, 0.717) is 0 Å². The smallest absolute Gasteiger partial charge is 0.339 e. The molecule has 0 spiro atoms. The van der Waals surface area contributed by atoms with E-state index < -0.39 is 34.4 Å². The highest BCUT2D eigenvalue weighted by molar-refractivity contribution is 5.95. The fraction of sp³-hybridized carbons (Fsp3) is 0.100. The standard InChI is InChI=1S/C20H13F4N3O3/c21-16-5-2-10-25-18(16)17(12-6-8-14(9-7-12)20(22,23)24)26-19(28)13-3-1-4-15(11-13)27(29)30/h1-11,17H,(H,26,28). The topological polar surface area (TPSA) is 85.1 Å². The molecule has 0 fully saturated rings. The second kappa shape index (κ2) is 8.27. The van der Waals surface area contributed by atoms with Gasteiger partial charge in [-0.1, -0.05) is 18.2 Å². The normalized spacial score (nSPS) is 12.3. The first-order valence-electron chi connectivity index (χ1n) is 8.49. The molecule has 3 rings (SSSR count). The van der Waals surface area contributed by atoms with E-state index in [4.69, 9.17) is 0 Å². The minimum Gasteiger partial charge on any atom is -0.339 e. The van der Waals surface area contributed by atoms with Gasteiger partial charge < -0.3 is 5.32 Å². The van der Waals surface area contributed by atoms with Crippen LogP contribution in [0.2, 0.25) is 0 Å². The number of hydrogen-bond acceptors (Lipinski definition) is 4. The Morgan fingerprint density at radius 2 is 1.77 bits per heavy atom. The largest absolute Gasteiger partial charge is 0.416 e. The van der Waals surface area contributed by atoms with Gasteiger partial charge in [0.1, 0.15) is 11.5 Å². The Morgan fingerprint density at radius 1 is 1.07 bits per heavy atom. The number of hydrogen-bond donors (Lipinski definition) is 1. The van der Waals surface area contributed by atoms with Gasteiger partial charge in [0.05, 0.1) is 16.5 Å². The van der Waals surface area contributed by atoms with E-state index in [0.717, 1.165) is 36.4 Å². The van der Waals surface area contributed by atoms with Crippen LogP contribution in [-0.4, -0.2) is 15.8 Å². The molecule has 2 aromatic carbocycles. The number of nitro groups is 1. The summed E-state index contributed by atoms with van der Waals surface area (Å²) < 4.78 is 52.9. The predicted octanol–water partition coefficient (Wildman–Crippen LogP) is 4.67. The van der Waals surface area contributed by atoms with E-state index in [9.17, 15) is 32.5 Å². The van der Waals surface area contributed by atoms with E-state index >= 15 is 0 Å². The van der Waals surface area contributed by atoms with Crippen molar-refractivity contribution in [3.8, 4) is 0 Å². The van der Waals surface area contributed by atoms with Crippen LogP contribution in [0.1, 0.15) is 33.2 Å². The van der Waals surface area contributed by atoms with Gasteiger partial charge >= 0.3 is 6.18 Å². The van der Waals surface area contributed by atoms with E-state index in [1.807, 2.05) is 0 Å². The number of alkyl halides is 3. The maximum absolute atomic E-state index is 14.3. The molecule has 0 saturated heterocycles. The molecule has 1 unspecified atom stereocenters. The minimum atomic E-state index is -4.56. The van der Waals surface area contributed by atoms with E-state index in [2.05, 4.69) is 10.3 Å². The number of non-ortho nitro benzene ring substituents is 1. The van der Waals surface area contributed by atoms with Gasteiger partial charge in [0, 0.05) is 23.9 Å². The van der Waals surface area contributed by atoms with Gasteiger partial charge in [-0.05, 0) is 35.9 Å². The first-order chi connectivity index (χ1) is 14.2. The summed E-state index contributed by atoms with van der Waals surface area (Å²) in [5.74, 6) is -1.56. The number of nitro benzene ring substituents is 1. The molecule has 154 valence electrons. The molecule has 0 bridgehead atoms. The number of amides is 1. The first kappa shape index (κ1) is 20.9. The molecule has 0 aliphatic rings. The molecule has 1 heterocycles. The third kappa shape index (κ3) is 4.59. The molecule has 1 aromatic heterocycles. The molecule has 6 nitrogen and oxygen atoms in total. The van der Waals surface area contributed by atoms with Gasteiger partial charge in [-0.25, -0.2) is 4.39 Å². The van der Waals surface area contributed by atoms with Gasteiger partial charge in [0.2, 0.25) is 0 Å². The zero-order chi connectivity index (χ0) is 21.9. The van der Waals surface area contributed by atoms with Crippen LogP contribution >= 0.6 is 0 Å². The lowest BCUT2D eigenvalue weighted by atomic mass is 10.00. The Labute approximate surface area is 167 Å². The summed E-state index contributed by atoms with van der Waals surface area (Å²) in [6, 6.07) is 9.89. The molecule has 3 aromatic rings. The Balaban J connectivity index is 1.99. The summed E-state index contributed by atoms with van der Waals surface area (Å²) in [5.41, 5.74) is -1.36. The van der Waals surface area contributed by atoms with Crippen molar-refractivity contribution >= 4 is 11.6 Å². The summed E-state index contributed by atoms with van der Waals surface area (Å²) in [7, 11) is 0. The van der Waals surface area contributed by atoms with Gasteiger partial charge in [-0.3, -0.25) is 19.9 Å². The lowest BCUT2D eigenvalue weighted by Gasteiger charge is -2.20. The van der Waals surface area contributed by atoms with Gasteiger partial charge in [0.15, 0.2) is 0 Å². The number of nitrogens with zero attached hydrogens (tertiary/aromatic N) is 2. The lowest BCUT2D eigenvalue weighted by Crippen LogP contribution is -2.30. The quantitative estimate of drug-likeness (QED) is 0.370. The number of aromatic nitrogens is 1. The summed E-state index contributed by atoms with van der Waals surface area (Å²) >= 11 is 0. The zero-order valence-corrected chi connectivity index (χ0v) is 15.1. The average Bonchev–Trinajstić information content (AvgIpc) is 2.72. The van der Waals surface area contributed by atoms with Crippen LogP contribution in [0, 0.1) is 15.9 Å². The number of pyridine rings is 1. The highest BCUT2D eigenvalue weighted by Gasteiger charge is 2.31. The van der Waals surface area contributed by atoms with Crippen molar-refractivity contribution in [2.45, 2.75) is 12.2 Å². The van der Waals surface area contributed by atoms with E-state index in [1.54, 1.807) is 0 Å². The van der Waals surface area contributed by atoms with Crippen LogP contribution in [0.3, 0.4) is 0 Å².